The zero-order chi connectivity index (χ0) is 21.8. The fourth-order valence-electron chi connectivity index (χ4n) is 3.08. The summed E-state index contributed by atoms with van der Waals surface area (Å²) >= 11 is 0. The Morgan fingerprint density at radius 2 is 1.90 bits per heavy atom. The van der Waals surface area contributed by atoms with E-state index in [0.717, 1.165) is 5.56 Å². The molecule has 160 valence electrons. The SMILES string of the molecule is COC(=O)c1cc(OCC(=O)NCc2ccc3c(c2)OCO3)c2cc(OC)ccc2n1. The molecule has 0 unspecified atom stereocenters. The van der Waals surface area contributed by atoms with Crippen molar-refractivity contribution in [1.82, 2.24) is 10.3 Å². The van der Waals surface area contributed by atoms with Gasteiger partial charge in [-0.2, -0.15) is 0 Å². The molecule has 0 fully saturated rings. The largest absolute Gasteiger partial charge is 0.497 e. The highest BCUT2D eigenvalue weighted by Gasteiger charge is 2.16. The Bertz CT molecular complexity index is 1150. The minimum absolute atomic E-state index is 0.0796. The molecule has 31 heavy (non-hydrogen) atoms. The summed E-state index contributed by atoms with van der Waals surface area (Å²) in [7, 11) is 2.81. The maximum absolute atomic E-state index is 12.3. The molecule has 0 bridgehead atoms. The maximum Gasteiger partial charge on any atom is 0.356 e. The van der Waals surface area contributed by atoms with Crippen LogP contribution in [-0.2, 0) is 16.1 Å². The Balaban J connectivity index is 1.46. The van der Waals surface area contributed by atoms with Gasteiger partial charge in [-0.15, -0.1) is 0 Å². The van der Waals surface area contributed by atoms with E-state index in [1.807, 2.05) is 12.1 Å². The number of esters is 1. The predicted octanol–water partition coefficient (Wildman–Crippen LogP) is 2.45. The van der Waals surface area contributed by atoms with Gasteiger partial charge in [0.2, 0.25) is 6.79 Å². The second kappa shape index (κ2) is 8.78. The summed E-state index contributed by atoms with van der Waals surface area (Å²) in [4.78, 5) is 28.6. The average molecular weight is 424 g/mol. The van der Waals surface area contributed by atoms with Crippen molar-refractivity contribution in [3.63, 3.8) is 0 Å². The van der Waals surface area contributed by atoms with Gasteiger partial charge >= 0.3 is 5.97 Å². The molecule has 1 N–H and O–H groups in total. The Morgan fingerprint density at radius 1 is 1.06 bits per heavy atom. The molecule has 0 atom stereocenters. The third kappa shape index (κ3) is 4.45. The van der Waals surface area contributed by atoms with E-state index < -0.39 is 5.97 Å². The van der Waals surface area contributed by atoms with Crippen molar-refractivity contribution in [1.29, 1.82) is 0 Å². The average Bonchev–Trinajstić information content (AvgIpc) is 3.28. The molecule has 0 radical (unpaired) electrons. The number of methoxy groups -OCH3 is 2. The summed E-state index contributed by atoms with van der Waals surface area (Å²) < 4.78 is 26.3. The molecule has 0 saturated carbocycles. The zero-order valence-electron chi connectivity index (χ0n) is 17.0. The highest BCUT2D eigenvalue weighted by molar-refractivity contribution is 5.94. The van der Waals surface area contributed by atoms with Crippen molar-refractivity contribution >= 4 is 22.8 Å². The van der Waals surface area contributed by atoms with Crippen molar-refractivity contribution in [2.24, 2.45) is 0 Å². The molecule has 0 spiro atoms. The molecular weight excluding hydrogens is 404 g/mol. The zero-order valence-corrected chi connectivity index (χ0v) is 17.0. The lowest BCUT2D eigenvalue weighted by atomic mass is 10.1. The Kier molecular flexibility index (Phi) is 5.74. The number of hydrogen-bond donors (Lipinski definition) is 1. The Hall–Kier alpha value is -4.01. The van der Waals surface area contributed by atoms with E-state index >= 15 is 0 Å². The summed E-state index contributed by atoms with van der Waals surface area (Å²) in [6.07, 6.45) is 0. The van der Waals surface area contributed by atoms with E-state index in [1.54, 1.807) is 31.4 Å². The number of benzene rings is 2. The Labute approximate surface area is 177 Å². The maximum atomic E-state index is 12.3. The predicted molar refractivity (Wildman–Crippen MR) is 110 cm³/mol. The van der Waals surface area contributed by atoms with Crippen LogP contribution in [0.2, 0.25) is 0 Å². The molecule has 2 aromatic carbocycles. The lowest BCUT2D eigenvalue weighted by Crippen LogP contribution is -2.28. The van der Waals surface area contributed by atoms with Crippen LogP contribution in [0.15, 0.2) is 42.5 Å². The molecule has 1 aromatic heterocycles. The third-order valence-electron chi connectivity index (χ3n) is 4.66. The van der Waals surface area contributed by atoms with Gasteiger partial charge in [0.15, 0.2) is 23.8 Å². The van der Waals surface area contributed by atoms with Crippen LogP contribution in [-0.4, -0.2) is 44.5 Å². The number of amides is 1. The number of fused-ring (bicyclic) bond motifs is 2. The fourth-order valence-corrected chi connectivity index (χ4v) is 3.08. The van der Waals surface area contributed by atoms with E-state index in [0.29, 0.717) is 40.4 Å². The topological polar surface area (TPSA) is 105 Å². The van der Waals surface area contributed by atoms with Gasteiger partial charge in [-0.25, -0.2) is 9.78 Å². The second-order valence-electron chi connectivity index (χ2n) is 6.63. The summed E-state index contributed by atoms with van der Waals surface area (Å²) in [6, 6.07) is 12.0. The van der Waals surface area contributed by atoms with Crippen molar-refractivity contribution in [3.05, 3.63) is 53.7 Å². The van der Waals surface area contributed by atoms with Crippen LogP contribution in [0.4, 0.5) is 0 Å². The molecule has 0 saturated heterocycles. The van der Waals surface area contributed by atoms with E-state index in [2.05, 4.69) is 10.3 Å². The molecule has 0 aliphatic carbocycles. The molecule has 2 heterocycles. The molecule has 1 aliphatic heterocycles. The summed E-state index contributed by atoms with van der Waals surface area (Å²) in [5.74, 6) is 1.31. The minimum Gasteiger partial charge on any atom is -0.497 e. The monoisotopic (exact) mass is 424 g/mol. The first-order valence-electron chi connectivity index (χ1n) is 9.42. The number of hydrogen-bond acceptors (Lipinski definition) is 8. The second-order valence-corrected chi connectivity index (χ2v) is 6.63. The van der Waals surface area contributed by atoms with Gasteiger partial charge in [-0.1, -0.05) is 6.07 Å². The smallest absolute Gasteiger partial charge is 0.356 e. The molecule has 4 rings (SSSR count). The minimum atomic E-state index is -0.602. The molecule has 1 aliphatic rings. The van der Waals surface area contributed by atoms with Crippen LogP contribution in [0.5, 0.6) is 23.0 Å². The first kappa shape index (κ1) is 20.3. The lowest BCUT2D eigenvalue weighted by molar-refractivity contribution is -0.123. The molecule has 9 nitrogen and oxygen atoms in total. The molecule has 3 aromatic rings. The van der Waals surface area contributed by atoms with E-state index in [4.69, 9.17) is 23.7 Å². The van der Waals surface area contributed by atoms with Gasteiger partial charge < -0.3 is 29.0 Å². The normalized spacial score (nSPS) is 11.8. The van der Waals surface area contributed by atoms with E-state index in [9.17, 15) is 9.59 Å². The van der Waals surface area contributed by atoms with Crippen molar-refractivity contribution in [2.75, 3.05) is 27.6 Å². The van der Waals surface area contributed by atoms with Gasteiger partial charge in [0.05, 0.1) is 19.7 Å². The van der Waals surface area contributed by atoms with Gasteiger partial charge in [-0.3, -0.25) is 4.79 Å². The number of carbonyl (C=O) groups is 2. The quantitative estimate of drug-likeness (QED) is 0.577. The first-order chi connectivity index (χ1) is 15.1. The van der Waals surface area contributed by atoms with Crippen LogP contribution in [0, 0.1) is 0 Å². The van der Waals surface area contributed by atoms with Crippen LogP contribution in [0.1, 0.15) is 16.1 Å². The summed E-state index contributed by atoms with van der Waals surface area (Å²) in [5.41, 5.74) is 1.46. The van der Waals surface area contributed by atoms with Gasteiger partial charge in [0, 0.05) is 18.0 Å². The van der Waals surface area contributed by atoms with E-state index in [-0.39, 0.29) is 25.0 Å². The molecule has 9 heteroatoms. The number of nitrogens with zero attached hydrogens (tertiary/aromatic N) is 1. The van der Waals surface area contributed by atoms with Gasteiger partial charge in [0.25, 0.3) is 5.91 Å². The number of carbonyl (C=O) groups excluding carboxylic acids is 2. The summed E-state index contributed by atoms with van der Waals surface area (Å²) in [5, 5.41) is 3.39. The number of rotatable bonds is 7. The Morgan fingerprint density at radius 3 is 2.71 bits per heavy atom. The highest BCUT2D eigenvalue weighted by Crippen LogP contribution is 2.32. The third-order valence-corrected chi connectivity index (χ3v) is 4.66. The van der Waals surface area contributed by atoms with Crippen LogP contribution >= 0.6 is 0 Å². The number of ether oxygens (including phenoxy) is 5. The number of pyridine rings is 1. The fraction of sp³-hybridized carbons (Fsp3) is 0.227. The van der Waals surface area contributed by atoms with Crippen molar-refractivity contribution < 1.29 is 33.3 Å². The van der Waals surface area contributed by atoms with Crippen LogP contribution in [0.3, 0.4) is 0 Å². The van der Waals surface area contributed by atoms with Crippen LogP contribution < -0.4 is 24.3 Å². The first-order valence-corrected chi connectivity index (χ1v) is 9.42. The standard InChI is InChI=1S/C22H20N2O7/c1-27-14-4-5-16-15(8-14)19(9-17(24-16)22(26)28-2)29-11-21(25)23-10-13-3-6-18-20(7-13)31-12-30-18/h3-9H,10-12H2,1-2H3,(H,23,25). The van der Waals surface area contributed by atoms with Gasteiger partial charge in [0.1, 0.15) is 11.5 Å². The lowest BCUT2D eigenvalue weighted by Gasteiger charge is -2.12. The number of nitrogens with one attached hydrogen (secondary N) is 1. The van der Waals surface area contributed by atoms with Crippen molar-refractivity contribution in [3.8, 4) is 23.0 Å². The number of aromatic nitrogens is 1. The molecular formula is C22H20N2O7. The van der Waals surface area contributed by atoms with Crippen LogP contribution in [0.25, 0.3) is 10.9 Å². The van der Waals surface area contributed by atoms with Gasteiger partial charge in [-0.05, 0) is 35.9 Å². The molecule has 1 amide bonds. The van der Waals surface area contributed by atoms with E-state index in [1.165, 1.54) is 13.2 Å². The van der Waals surface area contributed by atoms with Crippen molar-refractivity contribution in [2.45, 2.75) is 6.54 Å². The highest BCUT2D eigenvalue weighted by atomic mass is 16.7. The summed E-state index contributed by atoms with van der Waals surface area (Å²) in [6.45, 7) is 0.246.